The molecule has 0 spiro atoms. The molecule has 0 fully saturated rings. The molecule has 0 radical (unpaired) electrons. The van der Waals surface area contributed by atoms with Crippen molar-refractivity contribution in [2.45, 2.75) is 0 Å². The van der Waals surface area contributed by atoms with Crippen molar-refractivity contribution in [1.82, 2.24) is 5.32 Å². The van der Waals surface area contributed by atoms with Crippen LogP contribution < -0.4 is 10.6 Å². The van der Waals surface area contributed by atoms with Crippen LogP contribution in [-0.2, 0) is 9.59 Å². The maximum Gasteiger partial charge on any atom is 0.313 e. The summed E-state index contributed by atoms with van der Waals surface area (Å²) in [7, 11) is 0. The van der Waals surface area contributed by atoms with E-state index in [1.54, 1.807) is 0 Å². The molecule has 0 heterocycles. The molecule has 16 heavy (non-hydrogen) atoms. The van der Waals surface area contributed by atoms with Crippen molar-refractivity contribution in [2.75, 3.05) is 11.9 Å². The summed E-state index contributed by atoms with van der Waals surface area (Å²) in [6, 6.07) is 5.29. The lowest BCUT2D eigenvalue weighted by Crippen LogP contribution is -2.35. The Morgan fingerprint density at radius 2 is 2.12 bits per heavy atom. The molecule has 1 aromatic carbocycles. The van der Waals surface area contributed by atoms with Crippen LogP contribution in [0.15, 0.2) is 36.9 Å². The van der Waals surface area contributed by atoms with E-state index in [4.69, 9.17) is 0 Å². The first-order valence-corrected chi connectivity index (χ1v) is 4.59. The predicted octanol–water partition coefficient (Wildman–Crippen LogP) is 1.07. The van der Waals surface area contributed by atoms with Gasteiger partial charge in [-0.3, -0.25) is 9.59 Å². The summed E-state index contributed by atoms with van der Waals surface area (Å²) in [5, 5.41) is 4.57. The van der Waals surface area contributed by atoms with E-state index in [9.17, 15) is 14.0 Å². The van der Waals surface area contributed by atoms with E-state index >= 15 is 0 Å². The van der Waals surface area contributed by atoms with Crippen LogP contribution in [0.25, 0.3) is 0 Å². The van der Waals surface area contributed by atoms with E-state index < -0.39 is 17.6 Å². The number of amides is 2. The Labute approximate surface area is 92.2 Å². The van der Waals surface area contributed by atoms with Gasteiger partial charge >= 0.3 is 11.8 Å². The van der Waals surface area contributed by atoms with Crippen LogP contribution in [0.4, 0.5) is 10.1 Å². The zero-order chi connectivity index (χ0) is 12.0. The summed E-state index contributed by atoms with van der Waals surface area (Å²) >= 11 is 0. The lowest BCUT2D eigenvalue weighted by molar-refractivity contribution is -0.136. The second-order valence-corrected chi connectivity index (χ2v) is 2.96. The predicted molar refractivity (Wildman–Crippen MR) is 58.2 cm³/mol. The maximum absolute atomic E-state index is 12.8. The number of anilines is 1. The normalized spacial score (nSPS) is 9.31. The molecule has 4 nitrogen and oxygen atoms in total. The molecule has 0 saturated heterocycles. The molecule has 0 aliphatic carbocycles. The molecule has 1 rings (SSSR count). The molecule has 1 aromatic rings. The van der Waals surface area contributed by atoms with Crippen LogP contribution >= 0.6 is 0 Å². The average molecular weight is 222 g/mol. The molecular formula is C11H11FN2O2. The van der Waals surface area contributed by atoms with Gasteiger partial charge in [0.25, 0.3) is 0 Å². The minimum atomic E-state index is -0.840. The minimum Gasteiger partial charge on any atom is -0.344 e. The highest BCUT2D eigenvalue weighted by atomic mass is 19.1. The van der Waals surface area contributed by atoms with Crippen molar-refractivity contribution >= 4 is 17.5 Å². The van der Waals surface area contributed by atoms with E-state index in [0.29, 0.717) is 0 Å². The van der Waals surface area contributed by atoms with Crippen LogP contribution in [0.5, 0.6) is 0 Å². The number of rotatable bonds is 3. The molecule has 0 saturated carbocycles. The van der Waals surface area contributed by atoms with Gasteiger partial charge < -0.3 is 10.6 Å². The summed E-state index contributed by atoms with van der Waals surface area (Å²) < 4.78 is 12.8. The number of hydrogen-bond acceptors (Lipinski definition) is 2. The molecular weight excluding hydrogens is 211 g/mol. The summed E-state index contributed by atoms with van der Waals surface area (Å²) in [6.07, 6.45) is 1.45. The highest BCUT2D eigenvalue weighted by molar-refractivity contribution is 6.39. The monoisotopic (exact) mass is 222 g/mol. The lowest BCUT2D eigenvalue weighted by atomic mass is 10.3. The van der Waals surface area contributed by atoms with Gasteiger partial charge in [0, 0.05) is 12.2 Å². The highest BCUT2D eigenvalue weighted by Crippen LogP contribution is 2.08. The third kappa shape index (κ3) is 3.53. The number of carbonyl (C=O) groups is 2. The van der Waals surface area contributed by atoms with Gasteiger partial charge in [-0.25, -0.2) is 4.39 Å². The number of halogens is 1. The van der Waals surface area contributed by atoms with Crippen LogP contribution in [0.2, 0.25) is 0 Å². The van der Waals surface area contributed by atoms with E-state index in [0.717, 1.165) is 6.07 Å². The van der Waals surface area contributed by atoms with Gasteiger partial charge in [-0.2, -0.15) is 0 Å². The fraction of sp³-hybridized carbons (Fsp3) is 0.0909. The van der Waals surface area contributed by atoms with Gasteiger partial charge in [-0.15, -0.1) is 6.58 Å². The summed E-state index contributed by atoms with van der Waals surface area (Å²) in [6.45, 7) is 3.60. The fourth-order valence-corrected chi connectivity index (χ4v) is 0.999. The Morgan fingerprint density at radius 3 is 2.75 bits per heavy atom. The number of hydrogen-bond donors (Lipinski definition) is 2. The Balaban J connectivity index is 2.57. The van der Waals surface area contributed by atoms with E-state index in [1.807, 2.05) is 0 Å². The van der Waals surface area contributed by atoms with E-state index in [-0.39, 0.29) is 12.2 Å². The van der Waals surface area contributed by atoms with Crippen LogP contribution in [-0.4, -0.2) is 18.4 Å². The number of nitrogens with one attached hydrogen (secondary N) is 2. The van der Waals surface area contributed by atoms with Gasteiger partial charge in [-0.05, 0) is 18.2 Å². The summed E-state index contributed by atoms with van der Waals surface area (Å²) in [4.78, 5) is 22.4. The molecule has 0 bridgehead atoms. The molecule has 0 aliphatic rings. The lowest BCUT2D eigenvalue weighted by Gasteiger charge is -2.04. The molecule has 2 N–H and O–H groups in total. The largest absolute Gasteiger partial charge is 0.344 e. The topological polar surface area (TPSA) is 58.2 Å². The van der Waals surface area contributed by atoms with Gasteiger partial charge in [0.15, 0.2) is 0 Å². The molecule has 84 valence electrons. The van der Waals surface area contributed by atoms with Crippen molar-refractivity contribution in [3.05, 3.63) is 42.7 Å². The SMILES string of the molecule is C=CCNC(=O)C(=O)Nc1cccc(F)c1. The third-order valence-corrected chi connectivity index (χ3v) is 1.70. The van der Waals surface area contributed by atoms with Gasteiger partial charge in [-0.1, -0.05) is 12.1 Å². The Bertz CT molecular complexity index is 418. The zero-order valence-electron chi connectivity index (χ0n) is 8.50. The number of carbonyl (C=O) groups excluding carboxylic acids is 2. The van der Waals surface area contributed by atoms with Gasteiger partial charge in [0.2, 0.25) is 0 Å². The Morgan fingerprint density at radius 1 is 1.38 bits per heavy atom. The smallest absolute Gasteiger partial charge is 0.313 e. The van der Waals surface area contributed by atoms with E-state index in [2.05, 4.69) is 17.2 Å². The van der Waals surface area contributed by atoms with Crippen molar-refractivity contribution in [3.63, 3.8) is 0 Å². The molecule has 0 unspecified atom stereocenters. The first-order chi connectivity index (χ1) is 7.63. The first kappa shape index (κ1) is 11.9. The first-order valence-electron chi connectivity index (χ1n) is 4.59. The van der Waals surface area contributed by atoms with Crippen LogP contribution in [0.3, 0.4) is 0 Å². The van der Waals surface area contributed by atoms with Crippen LogP contribution in [0.1, 0.15) is 0 Å². The minimum absolute atomic E-state index is 0.204. The van der Waals surface area contributed by atoms with Gasteiger partial charge in [0.1, 0.15) is 5.82 Å². The van der Waals surface area contributed by atoms with Crippen molar-refractivity contribution in [2.24, 2.45) is 0 Å². The average Bonchev–Trinajstić information content (AvgIpc) is 2.25. The molecule has 2 amide bonds. The maximum atomic E-state index is 12.8. The van der Waals surface area contributed by atoms with Gasteiger partial charge in [0.05, 0.1) is 0 Å². The third-order valence-electron chi connectivity index (χ3n) is 1.70. The molecule has 0 atom stereocenters. The molecule has 0 aliphatic heterocycles. The van der Waals surface area contributed by atoms with Crippen LogP contribution in [0, 0.1) is 5.82 Å². The second-order valence-electron chi connectivity index (χ2n) is 2.96. The molecule has 5 heteroatoms. The van der Waals surface area contributed by atoms with Crippen molar-refractivity contribution < 1.29 is 14.0 Å². The molecule has 0 aromatic heterocycles. The Hall–Kier alpha value is -2.17. The Kier molecular flexibility index (Phi) is 4.20. The second kappa shape index (κ2) is 5.65. The quantitative estimate of drug-likeness (QED) is 0.593. The van der Waals surface area contributed by atoms with Crippen molar-refractivity contribution in [1.29, 1.82) is 0 Å². The number of benzene rings is 1. The zero-order valence-corrected chi connectivity index (χ0v) is 8.50. The standard InChI is InChI=1S/C11H11FN2O2/c1-2-6-13-10(15)11(16)14-9-5-3-4-8(12)7-9/h2-5,7H,1,6H2,(H,13,15)(H,14,16). The highest BCUT2D eigenvalue weighted by Gasteiger charge is 2.12. The van der Waals surface area contributed by atoms with Crippen molar-refractivity contribution in [3.8, 4) is 0 Å². The fourth-order valence-electron chi connectivity index (χ4n) is 0.999. The summed E-state index contributed by atoms with van der Waals surface area (Å²) in [5.74, 6) is -2.11. The summed E-state index contributed by atoms with van der Waals surface area (Å²) in [5.41, 5.74) is 0.235. The van der Waals surface area contributed by atoms with E-state index in [1.165, 1.54) is 24.3 Å².